The molecule has 0 spiro atoms. The second-order valence-corrected chi connectivity index (χ2v) is 14.2. The Bertz CT molecular complexity index is 1780. The number of hydrogen-bond donors (Lipinski definition) is 0. The zero-order valence-electron chi connectivity index (χ0n) is 18.5. The van der Waals surface area contributed by atoms with Crippen LogP contribution in [0.5, 0.6) is 11.5 Å². The first-order chi connectivity index (χ1) is 18.0. The van der Waals surface area contributed by atoms with Crippen LogP contribution in [0, 0.1) is 0 Å². The summed E-state index contributed by atoms with van der Waals surface area (Å²) in [6, 6.07) is 18.4. The van der Waals surface area contributed by atoms with Crippen LogP contribution in [0.4, 0.5) is 0 Å². The number of rotatable bonds is 6. The van der Waals surface area contributed by atoms with Gasteiger partial charge in [-0.15, -0.1) is 0 Å². The molecule has 6 nitrogen and oxygen atoms in total. The van der Waals surface area contributed by atoms with Crippen LogP contribution in [0.1, 0.15) is 0 Å². The Kier molecular flexibility index (Phi) is 7.80. The summed E-state index contributed by atoms with van der Waals surface area (Å²) in [7, 11) is -8.74. The average molecular weight is 666 g/mol. The van der Waals surface area contributed by atoms with E-state index in [1.807, 2.05) is 0 Å². The molecule has 14 heteroatoms. The Morgan fingerprint density at radius 2 is 1.13 bits per heavy atom. The summed E-state index contributed by atoms with van der Waals surface area (Å²) in [5, 5.41) is -0.402. The van der Waals surface area contributed by atoms with Crippen LogP contribution in [0.25, 0.3) is 0 Å². The van der Waals surface area contributed by atoms with E-state index < -0.39 is 25.1 Å². The lowest BCUT2D eigenvalue weighted by molar-refractivity contribution is 0.484. The van der Waals surface area contributed by atoms with Gasteiger partial charge in [-0.3, -0.25) is 0 Å². The second-order valence-electron chi connectivity index (χ2n) is 7.56. The predicted octanol–water partition coefficient (Wildman–Crippen LogP) is 8.45. The third-order valence-electron chi connectivity index (χ3n) is 5.03. The van der Waals surface area contributed by atoms with Gasteiger partial charge in [-0.2, -0.15) is 16.8 Å². The summed E-state index contributed by atoms with van der Waals surface area (Å²) < 4.78 is 62.6. The van der Waals surface area contributed by atoms with Crippen LogP contribution < -0.4 is 8.37 Å². The quantitative estimate of drug-likeness (QED) is 0.167. The largest absolute Gasteiger partial charge is 0.379 e. The van der Waals surface area contributed by atoms with Crippen molar-refractivity contribution in [1.82, 2.24) is 0 Å². The monoisotopic (exact) mass is 664 g/mol. The van der Waals surface area contributed by atoms with Crippen LogP contribution >= 0.6 is 69.9 Å². The van der Waals surface area contributed by atoms with Gasteiger partial charge in [0.2, 0.25) is 0 Å². The molecule has 196 valence electrons. The molecular weight excluding hydrogens is 654 g/mol. The predicted molar refractivity (Wildman–Crippen MR) is 150 cm³/mol. The third-order valence-corrected chi connectivity index (χ3v) is 12.3. The van der Waals surface area contributed by atoms with E-state index in [4.69, 9.17) is 54.8 Å². The van der Waals surface area contributed by atoms with Gasteiger partial charge in [0.1, 0.15) is 21.3 Å². The van der Waals surface area contributed by atoms with E-state index >= 15 is 0 Å². The first-order valence-electron chi connectivity index (χ1n) is 10.4. The van der Waals surface area contributed by atoms with Gasteiger partial charge in [-0.25, -0.2) is 0 Å². The highest BCUT2D eigenvalue weighted by molar-refractivity contribution is 8.05. The summed E-state index contributed by atoms with van der Waals surface area (Å²) in [5.41, 5.74) is 0. The van der Waals surface area contributed by atoms with Crippen LogP contribution in [0.2, 0.25) is 20.1 Å². The summed E-state index contributed by atoms with van der Waals surface area (Å²) in [5.74, 6) is 0.195. The molecule has 0 aliphatic carbocycles. The third kappa shape index (κ3) is 5.33. The van der Waals surface area contributed by atoms with Crippen LogP contribution in [-0.2, 0) is 20.2 Å². The highest BCUT2D eigenvalue weighted by atomic mass is 35.5. The van der Waals surface area contributed by atoms with Gasteiger partial charge in [0.05, 0.1) is 20.1 Å². The summed E-state index contributed by atoms with van der Waals surface area (Å²) in [6.07, 6.45) is 0. The van der Waals surface area contributed by atoms with Gasteiger partial charge in [-0.1, -0.05) is 106 Å². The summed E-state index contributed by atoms with van der Waals surface area (Å²) >= 11 is 28.1. The van der Waals surface area contributed by atoms with Crippen molar-refractivity contribution >= 4 is 90.2 Å². The molecule has 4 aromatic rings. The minimum absolute atomic E-state index is 0.0544. The van der Waals surface area contributed by atoms with Gasteiger partial charge in [0.25, 0.3) is 0 Å². The van der Waals surface area contributed by atoms with Crippen molar-refractivity contribution in [3.63, 3.8) is 0 Å². The average Bonchev–Trinajstić information content (AvgIpc) is 2.86. The molecule has 4 aromatic carbocycles. The summed E-state index contributed by atoms with van der Waals surface area (Å²) in [6.45, 7) is 0. The van der Waals surface area contributed by atoms with E-state index in [0.29, 0.717) is 19.6 Å². The molecule has 0 aromatic heterocycles. The molecule has 0 amide bonds. The van der Waals surface area contributed by atoms with E-state index in [1.54, 1.807) is 36.4 Å². The highest BCUT2D eigenvalue weighted by Crippen LogP contribution is 2.58. The van der Waals surface area contributed by atoms with Crippen molar-refractivity contribution in [3.05, 3.63) is 92.9 Å². The van der Waals surface area contributed by atoms with E-state index in [9.17, 15) is 16.8 Å². The summed E-state index contributed by atoms with van der Waals surface area (Å²) in [4.78, 5) is 0.791. The van der Waals surface area contributed by atoms with E-state index in [1.165, 1.54) is 36.4 Å². The topological polar surface area (TPSA) is 86.7 Å². The second kappa shape index (κ2) is 10.7. The lowest BCUT2D eigenvalue weighted by atomic mass is 10.3. The number of benzene rings is 4. The first kappa shape index (κ1) is 27.8. The molecule has 1 aliphatic heterocycles. The maximum Gasteiger partial charge on any atom is 0.342 e. The standard InChI is InChI=1S/C24H12Cl4O6S4/c25-15-12-18(37(29,30)33-13-7-3-1-4-8-13)19(27)23-21(15)36-22-17(35-23)11-16(26)24(20(22)28)38(31,32)34-14-9-5-2-6-10-14/h1-12H. The van der Waals surface area contributed by atoms with Crippen molar-refractivity contribution in [2.75, 3.05) is 0 Å². The van der Waals surface area contributed by atoms with Gasteiger partial charge in [0.15, 0.2) is 0 Å². The molecule has 38 heavy (non-hydrogen) atoms. The fraction of sp³-hybridized carbons (Fsp3) is 0. The Hall–Kier alpha value is -1.76. The van der Waals surface area contributed by atoms with Crippen molar-refractivity contribution in [2.24, 2.45) is 0 Å². The van der Waals surface area contributed by atoms with Crippen LogP contribution in [-0.4, -0.2) is 16.8 Å². The number of halogens is 4. The number of hydrogen-bond acceptors (Lipinski definition) is 8. The van der Waals surface area contributed by atoms with Gasteiger partial charge in [0, 0.05) is 19.6 Å². The lowest BCUT2D eigenvalue weighted by Crippen LogP contribution is -2.13. The van der Waals surface area contributed by atoms with Gasteiger partial charge < -0.3 is 8.37 Å². The minimum atomic E-state index is -4.40. The van der Waals surface area contributed by atoms with E-state index in [0.717, 1.165) is 23.5 Å². The van der Waals surface area contributed by atoms with Gasteiger partial charge in [-0.05, 0) is 36.4 Å². The molecular formula is C24H12Cl4O6S4. The van der Waals surface area contributed by atoms with E-state index in [2.05, 4.69) is 0 Å². The fourth-order valence-electron chi connectivity index (χ4n) is 3.40. The minimum Gasteiger partial charge on any atom is -0.379 e. The van der Waals surface area contributed by atoms with Crippen LogP contribution in [0.15, 0.2) is 102 Å². The molecule has 1 aliphatic rings. The van der Waals surface area contributed by atoms with Crippen molar-refractivity contribution in [2.45, 2.75) is 29.4 Å². The molecule has 0 radical (unpaired) electrons. The Labute approximate surface area is 247 Å². The van der Waals surface area contributed by atoms with E-state index in [-0.39, 0.29) is 36.5 Å². The Morgan fingerprint density at radius 1 is 0.579 bits per heavy atom. The molecule has 0 saturated carbocycles. The smallest absolute Gasteiger partial charge is 0.342 e. The molecule has 0 fully saturated rings. The molecule has 0 atom stereocenters. The molecule has 1 heterocycles. The maximum atomic E-state index is 13.1. The van der Waals surface area contributed by atoms with Crippen LogP contribution in [0.3, 0.4) is 0 Å². The Balaban J connectivity index is 1.55. The molecule has 0 unspecified atom stereocenters. The molecule has 5 rings (SSSR count). The van der Waals surface area contributed by atoms with Crippen molar-refractivity contribution in [3.8, 4) is 11.5 Å². The highest BCUT2D eigenvalue weighted by Gasteiger charge is 2.34. The normalized spacial score (nSPS) is 12.9. The van der Waals surface area contributed by atoms with Gasteiger partial charge >= 0.3 is 20.2 Å². The number of para-hydroxylation sites is 2. The zero-order valence-corrected chi connectivity index (χ0v) is 24.8. The molecule has 0 saturated heterocycles. The van der Waals surface area contributed by atoms with Crippen molar-refractivity contribution < 1.29 is 25.2 Å². The molecule has 0 bridgehead atoms. The maximum absolute atomic E-state index is 13.1. The first-order valence-corrected chi connectivity index (χ1v) is 16.3. The fourth-order valence-corrected chi connectivity index (χ4v) is 10.3. The SMILES string of the molecule is O=S(=O)(Oc1ccccc1)c1cc(Cl)c2c(c1Cl)Sc1cc(Cl)c(S(=O)(=O)Oc3ccccc3)c(Cl)c1S2. The Morgan fingerprint density at radius 3 is 1.71 bits per heavy atom. The zero-order chi connectivity index (χ0) is 27.2. The lowest BCUT2D eigenvalue weighted by Gasteiger charge is -2.24. The van der Waals surface area contributed by atoms with Crippen molar-refractivity contribution in [1.29, 1.82) is 0 Å². The number of fused-ring (bicyclic) bond motifs is 2. The molecule has 0 N–H and O–H groups in total.